The third-order valence-electron chi connectivity index (χ3n) is 3.60. The van der Waals surface area contributed by atoms with Crippen molar-refractivity contribution < 1.29 is 27.6 Å². The normalized spacial score (nSPS) is 13.5. The molecule has 0 aliphatic carbocycles. The fourth-order valence-corrected chi connectivity index (χ4v) is 3.21. The molecule has 24 heavy (non-hydrogen) atoms. The van der Waals surface area contributed by atoms with E-state index in [1.165, 1.54) is 11.3 Å². The maximum absolute atomic E-state index is 11.8. The van der Waals surface area contributed by atoms with Gasteiger partial charge in [0.15, 0.2) is 5.78 Å². The van der Waals surface area contributed by atoms with Gasteiger partial charge in [-0.1, -0.05) is 41.9 Å². The van der Waals surface area contributed by atoms with Crippen molar-refractivity contribution >= 4 is 34.8 Å². The molecular formula is C18H21Cl2NO2S. The zero-order valence-corrected chi connectivity index (χ0v) is 15.7. The number of ketones is 1. The summed E-state index contributed by atoms with van der Waals surface area (Å²) in [6, 6.07) is 13.3. The Morgan fingerprint density at radius 3 is 2.62 bits per heavy atom. The van der Waals surface area contributed by atoms with Gasteiger partial charge < -0.3 is 22.8 Å². The van der Waals surface area contributed by atoms with Gasteiger partial charge >= 0.3 is 0 Å². The van der Waals surface area contributed by atoms with Crippen molar-refractivity contribution in [2.75, 3.05) is 6.54 Å². The number of hydrogen-bond donors (Lipinski definition) is 2. The van der Waals surface area contributed by atoms with Crippen molar-refractivity contribution in [3.8, 4) is 0 Å². The highest BCUT2D eigenvalue weighted by molar-refractivity contribution is 7.17. The van der Waals surface area contributed by atoms with E-state index in [-0.39, 0.29) is 24.2 Å². The Hall–Kier alpha value is -1.17. The maximum atomic E-state index is 11.8. The standard InChI is InChI=1S/C18H20ClNO2S.ClH/c1-13(18(22)14-5-3-2-4-6-14)20-12-11-15(21)7-8-16-9-10-17(19)23-16;/h2-10,13,18,20,22H,11-12H2,1H3;1H/b8-7+;. The zero-order valence-electron chi connectivity index (χ0n) is 13.4. The predicted molar refractivity (Wildman–Crippen MR) is 95.6 cm³/mol. The third-order valence-corrected chi connectivity index (χ3v) is 4.79. The number of halogens is 2. The summed E-state index contributed by atoms with van der Waals surface area (Å²) in [5, 5.41) is 12.3. The summed E-state index contributed by atoms with van der Waals surface area (Å²) >= 11 is 7.29. The first-order valence-electron chi connectivity index (χ1n) is 7.59. The van der Waals surface area contributed by atoms with Crippen molar-refractivity contribution in [1.82, 2.24) is 0 Å². The molecule has 130 valence electrons. The van der Waals surface area contributed by atoms with Crippen molar-refractivity contribution in [2.45, 2.75) is 25.5 Å². The monoisotopic (exact) mass is 385 g/mol. The number of nitrogens with two attached hydrogens (primary N) is 1. The van der Waals surface area contributed by atoms with Crippen LogP contribution in [0.3, 0.4) is 0 Å². The molecule has 0 amide bonds. The molecular weight excluding hydrogens is 365 g/mol. The first-order valence-corrected chi connectivity index (χ1v) is 8.78. The minimum Gasteiger partial charge on any atom is -1.00 e. The van der Waals surface area contributed by atoms with E-state index >= 15 is 0 Å². The van der Waals surface area contributed by atoms with Crippen LogP contribution < -0.4 is 17.7 Å². The molecule has 1 aromatic carbocycles. The topological polar surface area (TPSA) is 53.9 Å². The summed E-state index contributed by atoms with van der Waals surface area (Å²) < 4.78 is 0.717. The Kier molecular flexibility index (Phi) is 9.26. The molecule has 6 heteroatoms. The summed E-state index contributed by atoms with van der Waals surface area (Å²) in [6.07, 6.45) is 3.30. The van der Waals surface area contributed by atoms with Gasteiger partial charge in [0.1, 0.15) is 12.1 Å². The molecule has 0 fully saturated rings. The average Bonchev–Trinajstić information content (AvgIpc) is 2.98. The highest BCUT2D eigenvalue weighted by Gasteiger charge is 2.18. The second kappa shape index (κ2) is 10.6. The van der Waals surface area contributed by atoms with Crippen LogP contribution in [0, 0.1) is 0 Å². The van der Waals surface area contributed by atoms with E-state index in [1.807, 2.05) is 54.7 Å². The van der Waals surface area contributed by atoms with Crippen LogP contribution in [-0.4, -0.2) is 23.5 Å². The molecule has 2 rings (SSSR count). The lowest BCUT2D eigenvalue weighted by atomic mass is 10.0. The number of aliphatic hydroxyl groups excluding tert-OH is 1. The van der Waals surface area contributed by atoms with E-state index in [1.54, 1.807) is 12.2 Å². The number of allylic oxidation sites excluding steroid dienone is 1. The summed E-state index contributed by atoms with van der Waals surface area (Å²) in [7, 11) is 0. The van der Waals surface area contributed by atoms with E-state index in [9.17, 15) is 9.90 Å². The van der Waals surface area contributed by atoms with Crippen LogP contribution in [0.5, 0.6) is 0 Å². The SMILES string of the molecule is CC([NH2+]CCC(=O)/C=C/c1ccc(Cl)s1)C(O)c1ccccc1.[Cl-]. The van der Waals surface area contributed by atoms with Gasteiger partial charge in [0.2, 0.25) is 0 Å². The lowest BCUT2D eigenvalue weighted by Gasteiger charge is -2.17. The molecule has 0 saturated heterocycles. The summed E-state index contributed by atoms with van der Waals surface area (Å²) in [6.45, 7) is 2.62. The number of rotatable bonds is 8. The molecule has 0 aliphatic rings. The number of carbonyl (C=O) groups excluding carboxylic acids is 1. The van der Waals surface area contributed by atoms with E-state index < -0.39 is 6.10 Å². The van der Waals surface area contributed by atoms with Gasteiger partial charge in [-0.2, -0.15) is 0 Å². The smallest absolute Gasteiger partial charge is 0.161 e. The minimum atomic E-state index is -0.532. The fourth-order valence-electron chi connectivity index (χ4n) is 2.25. The van der Waals surface area contributed by atoms with Crippen LogP contribution in [0.2, 0.25) is 4.34 Å². The highest BCUT2D eigenvalue weighted by Crippen LogP contribution is 2.22. The maximum Gasteiger partial charge on any atom is 0.161 e. The molecule has 3 N–H and O–H groups in total. The van der Waals surface area contributed by atoms with Crippen molar-refractivity contribution in [3.63, 3.8) is 0 Å². The average molecular weight is 386 g/mol. The second-order valence-electron chi connectivity index (χ2n) is 5.43. The fraction of sp³-hybridized carbons (Fsp3) is 0.278. The lowest BCUT2D eigenvalue weighted by molar-refractivity contribution is -0.693. The van der Waals surface area contributed by atoms with Gasteiger partial charge in [-0.15, -0.1) is 11.3 Å². The van der Waals surface area contributed by atoms with Crippen molar-refractivity contribution in [2.24, 2.45) is 0 Å². The van der Waals surface area contributed by atoms with Crippen LogP contribution in [0.4, 0.5) is 0 Å². The highest BCUT2D eigenvalue weighted by atomic mass is 35.5. The van der Waals surface area contributed by atoms with E-state index in [4.69, 9.17) is 11.6 Å². The molecule has 0 saturated carbocycles. The number of carbonyl (C=O) groups is 1. The van der Waals surface area contributed by atoms with E-state index in [2.05, 4.69) is 0 Å². The molecule has 0 bridgehead atoms. The third kappa shape index (κ3) is 6.75. The Morgan fingerprint density at radius 2 is 2.00 bits per heavy atom. The molecule has 0 aliphatic heterocycles. The van der Waals surface area contributed by atoms with Crippen LogP contribution >= 0.6 is 22.9 Å². The summed E-state index contributed by atoms with van der Waals surface area (Å²) in [4.78, 5) is 12.8. The van der Waals surface area contributed by atoms with E-state index in [0.29, 0.717) is 17.3 Å². The van der Waals surface area contributed by atoms with Gasteiger partial charge in [-0.05, 0) is 36.8 Å². The Bertz CT molecular complexity index is 658. The molecule has 1 heterocycles. The quantitative estimate of drug-likeness (QED) is 0.631. The van der Waals surface area contributed by atoms with Gasteiger partial charge in [-0.3, -0.25) is 4.79 Å². The molecule has 0 spiro atoms. The molecule has 0 radical (unpaired) electrons. The van der Waals surface area contributed by atoms with Crippen molar-refractivity contribution in [3.05, 3.63) is 63.3 Å². The molecule has 2 unspecified atom stereocenters. The summed E-state index contributed by atoms with van der Waals surface area (Å²) in [5.74, 6) is 0.0761. The number of thiophene rings is 1. The second-order valence-corrected chi connectivity index (χ2v) is 7.18. The molecule has 2 aromatic rings. The first-order chi connectivity index (χ1) is 11.1. The van der Waals surface area contributed by atoms with Gasteiger partial charge in [0, 0.05) is 4.88 Å². The molecule has 3 nitrogen and oxygen atoms in total. The predicted octanol–water partition coefficient (Wildman–Crippen LogP) is 0.0634. The van der Waals surface area contributed by atoms with Gasteiger partial charge in [0.05, 0.1) is 17.3 Å². The van der Waals surface area contributed by atoms with Crippen LogP contribution in [0.25, 0.3) is 6.08 Å². The molecule has 1 aromatic heterocycles. The van der Waals surface area contributed by atoms with Gasteiger partial charge in [-0.25, -0.2) is 0 Å². The minimum absolute atomic E-state index is 0. The van der Waals surface area contributed by atoms with Crippen molar-refractivity contribution in [1.29, 1.82) is 0 Å². The van der Waals surface area contributed by atoms with Crippen LogP contribution in [0.1, 0.15) is 29.9 Å². The number of quaternary nitrogens is 1. The first kappa shape index (κ1) is 20.9. The summed E-state index contributed by atoms with van der Waals surface area (Å²) in [5.41, 5.74) is 0.900. The Balaban J connectivity index is 0.00000288. The van der Waals surface area contributed by atoms with E-state index in [0.717, 1.165) is 10.4 Å². The number of aliphatic hydroxyl groups is 1. The number of hydrogen-bond acceptors (Lipinski definition) is 3. The van der Waals surface area contributed by atoms with Crippen LogP contribution in [-0.2, 0) is 4.79 Å². The Morgan fingerprint density at radius 1 is 1.29 bits per heavy atom. The van der Waals surface area contributed by atoms with Crippen LogP contribution in [0.15, 0.2) is 48.5 Å². The number of benzene rings is 1. The zero-order chi connectivity index (χ0) is 16.7. The lowest BCUT2D eigenvalue weighted by Crippen LogP contribution is -3.00. The van der Waals surface area contributed by atoms with Gasteiger partial charge in [0.25, 0.3) is 0 Å². The molecule has 2 atom stereocenters. The largest absolute Gasteiger partial charge is 1.00 e. The Labute approximate surface area is 157 Å².